The standard InChI is InChI=1S/C25H26ClN3O/c1-16(30)28-21-6-4-17-2-3-19(22(17)13-21)15-29-10-8-18(9-11-29)24-14-27-25-7-5-20(26)12-23(24)25/h4-8,12-14,19,27H,2-3,9-11,15H2,1H3,(H,28,30). The lowest BCUT2D eigenvalue weighted by molar-refractivity contribution is -0.114. The lowest BCUT2D eigenvalue weighted by Gasteiger charge is -2.29. The zero-order valence-corrected chi connectivity index (χ0v) is 17.9. The number of hydrogen-bond donors (Lipinski definition) is 2. The predicted molar refractivity (Wildman–Crippen MR) is 124 cm³/mol. The first-order chi connectivity index (χ1) is 14.6. The van der Waals surface area contributed by atoms with Gasteiger partial charge in [-0.1, -0.05) is 23.7 Å². The van der Waals surface area contributed by atoms with Crippen LogP contribution in [0.5, 0.6) is 0 Å². The molecular formula is C25H26ClN3O. The number of H-pyrrole nitrogens is 1. The highest BCUT2D eigenvalue weighted by Crippen LogP contribution is 2.37. The van der Waals surface area contributed by atoms with E-state index in [0.29, 0.717) is 5.92 Å². The number of aromatic amines is 1. The highest BCUT2D eigenvalue weighted by atomic mass is 35.5. The number of hydrogen-bond acceptors (Lipinski definition) is 2. The summed E-state index contributed by atoms with van der Waals surface area (Å²) < 4.78 is 0. The summed E-state index contributed by atoms with van der Waals surface area (Å²) in [6.45, 7) is 4.67. The van der Waals surface area contributed by atoms with E-state index in [2.05, 4.69) is 45.7 Å². The van der Waals surface area contributed by atoms with Crippen LogP contribution in [0.4, 0.5) is 5.69 Å². The second-order valence-corrected chi connectivity index (χ2v) is 8.90. The van der Waals surface area contributed by atoms with E-state index in [1.807, 2.05) is 18.2 Å². The van der Waals surface area contributed by atoms with Gasteiger partial charge in [0.25, 0.3) is 0 Å². The van der Waals surface area contributed by atoms with E-state index in [4.69, 9.17) is 11.6 Å². The normalized spacial score (nSPS) is 19.0. The summed E-state index contributed by atoms with van der Waals surface area (Å²) in [5.74, 6) is 0.521. The summed E-state index contributed by atoms with van der Waals surface area (Å²) in [6.07, 6.45) is 7.85. The van der Waals surface area contributed by atoms with Crippen LogP contribution < -0.4 is 5.32 Å². The summed E-state index contributed by atoms with van der Waals surface area (Å²) in [5.41, 5.74) is 7.56. The Labute approximate surface area is 181 Å². The van der Waals surface area contributed by atoms with Gasteiger partial charge in [0.1, 0.15) is 0 Å². The topological polar surface area (TPSA) is 48.1 Å². The maximum Gasteiger partial charge on any atom is 0.221 e. The molecule has 5 rings (SSSR count). The fourth-order valence-electron chi connectivity index (χ4n) is 4.95. The molecule has 1 aliphatic heterocycles. The Morgan fingerprint density at radius 2 is 2.13 bits per heavy atom. The molecule has 0 spiro atoms. The van der Waals surface area contributed by atoms with E-state index >= 15 is 0 Å². The van der Waals surface area contributed by atoms with E-state index in [9.17, 15) is 4.79 Å². The summed E-state index contributed by atoms with van der Waals surface area (Å²) in [5, 5.41) is 4.91. The minimum absolute atomic E-state index is 0.0169. The molecule has 0 bridgehead atoms. The van der Waals surface area contributed by atoms with Crippen LogP contribution in [-0.2, 0) is 11.2 Å². The lowest BCUT2D eigenvalue weighted by atomic mass is 9.96. The van der Waals surface area contributed by atoms with Crippen molar-refractivity contribution in [2.75, 3.05) is 25.0 Å². The fourth-order valence-corrected chi connectivity index (χ4v) is 5.12. The Hall–Kier alpha value is -2.56. The van der Waals surface area contributed by atoms with Crippen molar-refractivity contribution in [2.45, 2.75) is 32.1 Å². The van der Waals surface area contributed by atoms with Gasteiger partial charge in [0.05, 0.1) is 0 Å². The van der Waals surface area contributed by atoms with Crippen molar-refractivity contribution in [2.24, 2.45) is 0 Å². The zero-order valence-electron chi connectivity index (χ0n) is 17.2. The molecule has 3 aromatic rings. The number of amides is 1. The first kappa shape index (κ1) is 19.4. The number of aryl methyl sites for hydroxylation is 1. The maximum absolute atomic E-state index is 11.4. The van der Waals surface area contributed by atoms with Crippen LogP contribution in [0.15, 0.2) is 48.7 Å². The third-order valence-electron chi connectivity index (χ3n) is 6.43. The molecule has 1 atom stereocenters. The number of fused-ring (bicyclic) bond motifs is 2. The average molecular weight is 420 g/mol. The van der Waals surface area contributed by atoms with Gasteiger partial charge in [-0.05, 0) is 72.2 Å². The number of nitrogens with one attached hydrogen (secondary N) is 2. The molecule has 2 aliphatic rings. The van der Waals surface area contributed by atoms with Crippen LogP contribution in [0.1, 0.15) is 42.4 Å². The van der Waals surface area contributed by atoms with E-state index in [0.717, 1.165) is 48.7 Å². The van der Waals surface area contributed by atoms with Gasteiger partial charge in [0.2, 0.25) is 5.91 Å². The molecule has 1 unspecified atom stereocenters. The third kappa shape index (κ3) is 3.78. The first-order valence-corrected chi connectivity index (χ1v) is 11.0. The first-order valence-electron chi connectivity index (χ1n) is 10.7. The van der Waals surface area contributed by atoms with Crippen molar-refractivity contribution in [1.29, 1.82) is 0 Å². The number of rotatable bonds is 4. The van der Waals surface area contributed by atoms with Gasteiger partial charge in [-0.15, -0.1) is 0 Å². The van der Waals surface area contributed by atoms with Crippen LogP contribution >= 0.6 is 11.6 Å². The molecule has 1 aliphatic carbocycles. The van der Waals surface area contributed by atoms with Crippen molar-refractivity contribution in [3.05, 3.63) is 70.4 Å². The van der Waals surface area contributed by atoms with E-state index in [-0.39, 0.29) is 5.91 Å². The van der Waals surface area contributed by atoms with Crippen LogP contribution in [0, 0.1) is 0 Å². The second-order valence-electron chi connectivity index (χ2n) is 8.46. The molecule has 0 fully saturated rings. The molecule has 1 amide bonds. The van der Waals surface area contributed by atoms with Crippen molar-refractivity contribution >= 4 is 39.7 Å². The van der Waals surface area contributed by atoms with Crippen LogP contribution in [0.25, 0.3) is 16.5 Å². The van der Waals surface area contributed by atoms with Gasteiger partial charge in [0.15, 0.2) is 0 Å². The second kappa shape index (κ2) is 7.93. The van der Waals surface area contributed by atoms with Crippen molar-refractivity contribution in [3.8, 4) is 0 Å². The smallest absolute Gasteiger partial charge is 0.221 e. The number of halogens is 1. The number of nitrogens with zero attached hydrogens (tertiary/aromatic N) is 1. The van der Waals surface area contributed by atoms with Gasteiger partial charge < -0.3 is 10.3 Å². The van der Waals surface area contributed by atoms with Gasteiger partial charge in [-0.25, -0.2) is 0 Å². The van der Waals surface area contributed by atoms with Gasteiger partial charge >= 0.3 is 0 Å². The van der Waals surface area contributed by atoms with Crippen LogP contribution in [0.3, 0.4) is 0 Å². The van der Waals surface area contributed by atoms with Crippen molar-refractivity contribution < 1.29 is 4.79 Å². The molecule has 2 N–H and O–H groups in total. The summed E-state index contributed by atoms with van der Waals surface area (Å²) in [4.78, 5) is 17.3. The van der Waals surface area contributed by atoms with Gasteiger partial charge in [0, 0.05) is 59.9 Å². The Balaban J connectivity index is 1.29. The lowest BCUT2D eigenvalue weighted by Crippen LogP contribution is -2.32. The zero-order chi connectivity index (χ0) is 20.7. The minimum Gasteiger partial charge on any atom is -0.361 e. The number of carbonyl (C=O) groups excluding carboxylic acids is 1. The van der Waals surface area contributed by atoms with E-state index < -0.39 is 0 Å². The molecule has 4 nitrogen and oxygen atoms in total. The largest absolute Gasteiger partial charge is 0.361 e. The van der Waals surface area contributed by atoms with Gasteiger partial charge in [-0.2, -0.15) is 0 Å². The maximum atomic E-state index is 11.4. The number of anilines is 1. The highest BCUT2D eigenvalue weighted by Gasteiger charge is 2.26. The molecule has 2 heterocycles. The van der Waals surface area contributed by atoms with Crippen molar-refractivity contribution in [1.82, 2.24) is 9.88 Å². The minimum atomic E-state index is -0.0169. The Kier molecular flexibility index (Phi) is 5.13. The number of benzene rings is 2. The molecule has 0 radical (unpaired) electrons. The van der Waals surface area contributed by atoms with Gasteiger partial charge in [-0.3, -0.25) is 9.69 Å². The Bertz CT molecular complexity index is 1150. The molecule has 0 saturated heterocycles. The average Bonchev–Trinajstić information content (AvgIpc) is 3.32. The molecule has 5 heteroatoms. The van der Waals surface area contributed by atoms with Crippen molar-refractivity contribution in [3.63, 3.8) is 0 Å². The predicted octanol–water partition coefficient (Wildman–Crippen LogP) is 5.60. The fraction of sp³-hybridized carbons (Fsp3) is 0.320. The Morgan fingerprint density at radius 3 is 2.93 bits per heavy atom. The molecular weight excluding hydrogens is 394 g/mol. The van der Waals surface area contributed by atoms with E-state index in [1.54, 1.807) is 6.92 Å². The van der Waals surface area contributed by atoms with Crippen LogP contribution in [0.2, 0.25) is 5.02 Å². The van der Waals surface area contributed by atoms with Crippen LogP contribution in [-0.4, -0.2) is 35.4 Å². The Morgan fingerprint density at radius 1 is 1.23 bits per heavy atom. The summed E-state index contributed by atoms with van der Waals surface area (Å²) >= 11 is 6.22. The molecule has 0 saturated carbocycles. The summed E-state index contributed by atoms with van der Waals surface area (Å²) in [6, 6.07) is 12.4. The number of aromatic nitrogens is 1. The number of carbonyl (C=O) groups is 1. The monoisotopic (exact) mass is 419 g/mol. The highest BCUT2D eigenvalue weighted by molar-refractivity contribution is 6.31. The van der Waals surface area contributed by atoms with E-state index in [1.165, 1.54) is 34.1 Å². The SMILES string of the molecule is CC(=O)Nc1ccc2c(c1)C(CN1CC=C(c3c[nH]c4ccc(Cl)cc34)CC1)CC2. The quantitative estimate of drug-likeness (QED) is 0.578. The molecule has 30 heavy (non-hydrogen) atoms. The molecule has 1 aromatic heterocycles. The molecule has 154 valence electrons. The molecule has 2 aromatic carbocycles. The summed E-state index contributed by atoms with van der Waals surface area (Å²) in [7, 11) is 0. The third-order valence-corrected chi connectivity index (χ3v) is 6.66.